The topological polar surface area (TPSA) is 77.9 Å². The van der Waals surface area contributed by atoms with Gasteiger partial charge >= 0.3 is 5.97 Å². The Hall–Kier alpha value is -1.59. The third-order valence-corrected chi connectivity index (χ3v) is 3.27. The van der Waals surface area contributed by atoms with Crippen molar-refractivity contribution in [2.45, 2.75) is 13.8 Å². The normalized spacial score (nSPS) is 17.2. The first-order valence-electron chi connectivity index (χ1n) is 5.55. The van der Waals surface area contributed by atoms with Gasteiger partial charge in [-0.15, -0.1) is 0 Å². The maximum absolute atomic E-state index is 11.7. The molecule has 1 fully saturated rings. The summed E-state index contributed by atoms with van der Waals surface area (Å²) in [6, 6.07) is 0. The van der Waals surface area contributed by atoms with E-state index < -0.39 is 11.9 Å². The Labute approximate surface area is 100 Å². The number of nitrogens with zero attached hydrogens (tertiary/aromatic N) is 2. The summed E-state index contributed by atoms with van der Waals surface area (Å²) in [5.41, 5.74) is 0. The Morgan fingerprint density at radius 3 is 2.35 bits per heavy atom. The Morgan fingerprint density at radius 2 is 1.94 bits per heavy atom. The minimum Gasteiger partial charge on any atom is -0.481 e. The average molecular weight is 242 g/mol. The second kappa shape index (κ2) is 5.16. The largest absolute Gasteiger partial charge is 0.481 e. The van der Waals surface area contributed by atoms with Crippen LogP contribution in [-0.4, -0.2) is 59.4 Å². The van der Waals surface area contributed by atoms with Crippen LogP contribution in [0.2, 0.25) is 0 Å². The van der Waals surface area contributed by atoms with Crippen LogP contribution in [-0.2, 0) is 14.4 Å². The van der Waals surface area contributed by atoms with E-state index in [4.69, 9.17) is 5.11 Å². The molecule has 1 atom stereocenters. The van der Waals surface area contributed by atoms with E-state index in [1.807, 2.05) is 0 Å². The maximum atomic E-state index is 11.7. The van der Waals surface area contributed by atoms with Gasteiger partial charge in [-0.25, -0.2) is 0 Å². The summed E-state index contributed by atoms with van der Waals surface area (Å²) in [6.45, 7) is 4.05. The molecule has 6 nitrogen and oxygen atoms in total. The summed E-state index contributed by atoms with van der Waals surface area (Å²) in [5, 5.41) is 8.80. The van der Waals surface area contributed by atoms with Crippen molar-refractivity contribution in [3.05, 3.63) is 0 Å². The smallest absolute Gasteiger partial charge is 0.306 e. The molecule has 2 amide bonds. The van der Waals surface area contributed by atoms with Crippen LogP contribution in [0.15, 0.2) is 0 Å². The molecule has 0 spiro atoms. The molecule has 1 heterocycles. The highest BCUT2D eigenvalue weighted by atomic mass is 16.4. The molecular weight excluding hydrogens is 224 g/mol. The Balaban J connectivity index is 2.35. The monoisotopic (exact) mass is 242 g/mol. The summed E-state index contributed by atoms with van der Waals surface area (Å²) >= 11 is 0. The number of carbonyl (C=O) groups is 3. The first kappa shape index (κ1) is 13.5. The number of rotatable bonds is 4. The van der Waals surface area contributed by atoms with E-state index in [0.29, 0.717) is 13.1 Å². The molecule has 1 aliphatic heterocycles. The fourth-order valence-electron chi connectivity index (χ4n) is 1.65. The van der Waals surface area contributed by atoms with Gasteiger partial charge in [-0.1, -0.05) is 6.92 Å². The number of aliphatic carboxylic acids is 1. The third-order valence-electron chi connectivity index (χ3n) is 3.27. The Morgan fingerprint density at radius 1 is 1.41 bits per heavy atom. The fraction of sp³-hybridized carbons (Fsp3) is 0.727. The van der Waals surface area contributed by atoms with Crippen LogP contribution in [0.25, 0.3) is 0 Å². The van der Waals surface area contributed by atoms with E-state index in [9.17, 15) is 14.4 Å². The van der Waals surface area contributed by atoms with Crippen LogP contribution in [0.4, 0.5) is 0 Å². The summed E-state index contributed by atoms with van der Waals surface area (Å²) in [6.07, 6.45) is 0. The number of hydrogen-bond acceptors (Lipinski definition) is 3. The maximum Gasteiger partial charge on any atom is 0.306 e. The predicted octanol–water partition coefficient (Wildman–Crippen LogP) is -0.356. The van der Waals surface area contributed by atoms with Gasteiger partial charge in [0, 0.05) is 33.0 Å². The molecule has 1 aliphatic rings. The summed E-state index contributed by atoms with van der Waals surface area (Å²) in [7, 11) is 1.57. The predicted molar refractivity (Wildman–Crippen MR) is 60.2 cm³/mol. The molecule has 0 aliphatic carbocycles. The van der Waals surface area contributed by atoms with Crippen molar-refractivity contribution in [2.75, 3.05) is 26.7 Å². The molecule has 17 heavy (non-hydrogen) atoms. The van der Waals surface area contributed by atoms with Gasteiger partial charge in [0.25, 0.3) is 0 Å². The van der Waals surface area contributed by atoms with Crippen molar-refractivity contribution in [3.8, 4) is 0 Å². The molecule has 0 aromatic rings. The minimum absolute atomic E-state index is 0.0269. The molecule has 0 aromatic heterocycles. The number of likely N-dealkylation sites (tertiary alicyclic amines) is 1. The molecule has 96 valence electrons. The lowest BCUT2D eigenvalue weighted by Gasteiger charge is -2.41. The highest BCUT2D eigenvalue weighted by Crippen LogP contribution is 2.24. The number of amides is 2. The number of likely N-dealkylation sites (N-methyl/N-ethyl adjacent to an activating group) is 1. The van der Waals surface area contributed by atoms with Crippen molar-refractivity contribution in [2.24, 2.45) is 11.8 Å². The molecule has 0 radical (unpaired) electrons. The summed E-state index contributed by atoms with van der Waals surface area (Å²) in [4.78, 5) is 36.3. The first-order valence-corrected chi connectivity index (χ1v) is 5.55. The van der Waals surface area contributed by atoms with Gasteiger partial charge in [-0.2, -0.15) is 0 Å². The molecule has 6 heteroatoms. The van der Waals surface area contributed by atoms with Crippen molar-refractivity contribution in [1.82, 2.24) is 9.80 Å². The van der Waals surface area contributed by atoms with Crippen LogP contribution in [0, 0.1) is 11.8 Å². The summed E-state index contributed by atoms with van der Waals surface area (Å²) < 4.78 is 0. The van der Waals surface area contributed by atoms with Crippen LogP contribution in [0.3, 0.4) is 0 Å². The molecule has 0 bridgehead atoms. The summed E-state index contributed by atoms with van der Waals surface area (Å²) in [5.74, 6) is -1.52. The van der Waals surface area contributed by atoms with Gasteiger partial charge in [0.1, 0.15) is 0 Å². The number of carbonyl (C=O) groups excluding carboxylic acids is 2. The quantitative estimate of drug-likeness (QED) is 0.730. The van der Waals surface area contributed by atoms with E-state index in [0.717, 1.165) is 0 Å². The lowest BCUT2D eigenvalue weighted by atomic mass is 9.87. The van der Waals surface area contributed by atoms with E-state index in [2.05, 4.69) is 0 Å². The van der Waals surface area contributed by atoms with Gasteiger partial charge in [0.2, 0.25) is 11.8 Å². The second-order valence-corrected chi connectivity index (χ2v) is 4.56. The van der Waals surface area contributed by atoms with Gasteiger partial charge in [0.05, 0.1) is 12.5 Å². The van der Waals surface area contributed by atoms with Crippen LogP contribution >= 0.6 is 0 Å². The van der Waals surface area contributed by atoms with Crippen molar-refractivity contribution >= 4 is 17.8 Å². The van der Waals surface area contributed by atoms with E-state index >= 15 is 0 Å². The molecule has 1 saturated heterocycles. The fourth-order valence-corrected chi connectivity index (χ4v) is 1.65. The highest BCUT2D eigenvalue weighted by Gasteiger charge is 2.37. The van der Waals surface area contributed by atoms with Gasteiger partial charge in [-0.05, 0) is 0 Å². The zero-order valence-corrected chi connectivity index (χ0v) is 10.3. The second-order valence-electron chi connectivity index (χ2n) is 4.56. The Bertz CT molecular complexity index is 336. The van der Waals surface area contributed by atoms with E-state index in [1.165, 1.54) is 11.8 Å². The standard InChI is InChI=1S/C11H18N2O4/c1-7(11(16)17)9-4-13(5-9)10(15)6-12(3)8(2)14/h7,9H,4-6H2,1-3H3,(H,16,17). The first-order chi connectivity index (χ1) is 7.82. The zero-order chi connectivity index (χ0) is 13.2. The minimum atomic E-state index is -0.831. The highest BCUT2D eigenvalue weighted by molar-refractivity contribution is 5.84. The average Bonchev–Trinajstić information content (AvgIpc) is 2.14. The number of hydrogen-bond donors (Lipinski definition) is 1. The van der Waals surface area contributed by atoms with Crippen molar-refractivity contribution < 1.29 is 19.5 Å². The van der Waals surface area contributed by atoms with E-state index in [1.54, 1.807) is 18.9 Å². The van der Waals surface area contributed by atoms with Gasteiger partial charge < -0.3 is 14.9 Å². The van der Waals surface area contributed by atoms with Crippen LogP contribution in [0.1, 0.15) is 13.8 Å². The SMILES string of the molecule is CC(=O)N(C)CC(=O)N1CC(C(C)C(=O)O)C1. The Kier molecular flexibility index (Phi) is 4.09. The third kappa shape index (κ3) is 3.18. The van der Waals surface area contributed by atoms with Crippen LogP contribution < -0.4 is 0 Å². The van der Waals surface area contributed by atoms with Crippen molar-refractivity contribution in [1.29, 1.82) is 0 Å². The number of carboxylic acid groups (broad SMARTS) is 1. The van der Waals surface area contributed by atoms with Gasteiger partial charge in [-0.3, -0.25) is 14.4 Å². The molecule has 1 rings (SSSR count). The van der Waals surface area contributed by atoms with Crippen LogP contribution in [0.5, 0.6) is 0 Å². The van der Waals surface area contributed by atoms with E-state index in [-0.39, 0.29) is 24.3 Å². The molecular formula is C11H18N2O4. The number of carboxylic acids is 1. The molecule has 0 aromatic carbocycles. The zero-order valence-electron chi connectivity index (χ0n) is 10.3. The molecule has 1 N–H and O–H groups in total. The van der Waals surface area contributed by atoms with Crippen molar-refractivity contribution in [3.63, 3.8) is 0 Å². The molecule has 0 saturated carbocycles. The lowest BCUT2D eigenvalue weighted by molar-refractivity contribution is -0.151. The lowest BCUT2D eigenvalue weighted by Crippen LogP contribution is -2.55. The molecule has 1 unspecified atom stereocenters. The van der Waals surface area contributed by atoms with Gasteiger partial charge in [0.15, 0.2) is 0 Å².